The number of carbonyl (C=O) groups excluding carboxylic acids is 2. The normalized spacial score (nSPS) is 29.1. The maximum Gasteiger partial charge on any atom is 0.225 e. The predicted octanol–water partition coefficient (Wildman–Crippen LogP) is 1.78. The number of amides is 2. The van der Waals surface area contributed by atoms with Crippen molar-refractivity contribution >= 4 is 11.8 Å². The van der Waals surface area contributed by atoms with Crippen LogP contribution in [-0.4, -0.2) is 49.9 Å². The van der Waals surface area contributed by atoms with Gasteiger partial charge in [-0.2, -0.15) is 0 Å². The molecule has 0 aromatic heterocycles. The van der Waals surface area contributed by atoms with Crippen molar-refractivity contribution in [3.8, 4) is 0 Å². The molecule has 0 aromatic rings. The lowest BCUT2D eigenvalue weighted by atomic mass is 9.71. The Morgan fingerprint density at radius 3 is 2.04 bits per heavy atom. The van der Waals surface area contributed by atoms with Gasteiger partial charge in [0.25, 0.3) is 0 Å². The van der Waals surface area contributed by atoms with Crippen LogP contribution in [0.2, 0.25) is 0 Å². The van der Waals surface area contributed by atoms with Gasteiger partial charge in [0.2, 0.25) is 11.8 Å². The van der Waals surface area contributed by atoms with Crippen LogP contribution >= 0.6 is 0 Å². The molecule has 5 nitrogen and oxygen atoms in total. The highest BCUT2D eigenvalue weighted by molar-refractivity contribution is 5.81. The second-order valence-electron chi connectivity index (χ2n) is 7.11. The van der Waals surface area contributed by atoms with Crippen LogP contribution in [0.5, 0.6) is 0 Å². The molecule has 23 heavy (non-hydrogen) atoms. The zero-order chi connectivity index (χ0) is 16.9. The number of rotatable bonds is 2. The van der Waals surface area contributed by atoms with Crippen molar-refractivity contribution in [2.45, 2.75) is 52.4 Å². The van der Waals surface area contributed by atoms with E-state index in [2.05, 4.69) is 15.5 Å². The molecule has 2 heterocycles. The average Bonchev–Trinajstić information content (AvgIpc) is 2.61. The summed E-state index contributed by atoms with van der Waals surface area (Å²) < 4.78 is 0. The minimum atomic E-state index is 0.117. The van der Waals surface area contributed by atoms with E-state index in [1.165, 1.54) is 12.8 Å². The Morgan fingerprint density at radius 2 is 1.52 bits per heavy atom. The summed E-state index contributed by atoms with van der Waals surface area (Å²) in [7, 11) is 1.69. The van der Waals surface area contributed by atoms with E-state index in [4.69, 9.17) is 0 Å². The third kappa shape index (κ3) is 4.06. The highest BCUT2D eigenvalue weighted by Crippen LogP contribution is 2.40. The first-order valence-electron chi connectivity index (χ1n) is 9.35. The summed E-state index contributed by atoms with van der Waals surface area (Å²) in [5.74, 6) is 0.754. The second kappa shape index (κ2) is 8.13. The highest BCUT2D eigenvalue weighted by Gasteiger charge is 2.46. The molecule has 3 rings (SSSR count). The lowest BCUT2D eigenvalue weighted by Gasteiger charge is -2.53. The zero-order valence-electron chi connectivity index (χ0n) is 15.0. The minimum Gasteiger partial charge on any atom is -0.359 e. The van der Waals surface area contributed by atoms with Gasteiger partial charge in [0.05, 0.1) is 0 Å². The van der Waals surface area contributed by atoms with Crippen LogP contribution in [0.25, 0.3) is 0 Å². The molecule has 2 N–H and O–H groups in total. The molecular weight excluding hydrogens is 290 g/mol. The van der Waals surface area contributed by atoms with Crippen LogP contribution in [-0.2, 0) is 9.59 Å². The van der Waals surface area contributed by atoms with Crippen LogP contribution in [0.1, 0.15) is 52.4 Å². The summed E-state index contributed by atoms with van der Waals surface area (Å²) in [5.41, 5.74) is 0.417. The number of carbonyl (C=O) groups is 2. The van der Waals surface area contributed by atoms with Crippen LogP contribution in [0.15, 0.2) is 0 Å². The third-order valence-corrected chi connectivity index (χ3v) is 5.72. The smallest absolute Gasteiger partial charge is 0.225 e. The van der Waals surface area contributed by atoms with Crippen LogP contribution in [0.3, 0.4) is 0 Å². The Hall–Kier alpha value is -1.10. The molecule has 1 aliphatic carbocycles. The van der Waals surface area contributed by atoms with Crippen molar-refractivity contribution in [3.05, 3.63) is 0 Å². The first-order valence-corrected chi connectivity index (χ1v) is 9.35. The Labute approximate surface area is 140 Å². The molecule has 0 radical (unpaired) electrons. The molecule has 5 heteroatoms. The van der Waals surface area contributed by atoms with E-state index in [1.54, 1.807) is 7.05 Å². The van der Waals surface area contributed by atoms with E-state index in [9.17, 15) is 9.59 Å². The molecule has 132 valence electrons. The topological polar surface area (TPSA) is 61.4 Å². The minimum absolute atomic E-state index is 0.117. The van der Waals surface area contributed by atoms with Gasteiger partial charge in [-0.05, 0) is 51.6 Å². The molecule has 3 fully saturated rings. The zero-order valence-corrected chi connectivity index (χ0v) is 15.0. The molecule has 0 aromatic carbocycles. The summed E-state index contributed by atoms with van der Waals surface area (Å²) >= 11 is 0. The molecule has 0 atom stereocenters. The quantitative estimate of drug-likeness (QED) is 0.814. The fourth-order valence-electron chi connectivity index (χ4n) is 4.26. The van der Waals surface area contributed by atoms with Crippen LogP contribution in [0.4, 0.5) is 0 Å². The molecule has 2 aliphatic heterocycles. The first kappa shape index (κ1) is 18.2. The van der Waals surface area contributed by atoms with E-state index in [-0.39, 0.29) is 17.7 Å². The van der Waals surface area contributed by atoms with Crippen molar-refractivity contribution in [3.63, 3.8) is 0 Å². The van der Waals surface area contributed by atoms with Gasteiger partial charge in [-0.15, -0.1) is 0 Å². The van der Waals surface area contributed by atoms with E-state index < -0.39 is 0 Å². The van der Waals surface area contributed by atoms with Gasteiger partial charge in [0.15, 0.2) is 0 Å². The van der Waals surface area contributed by atoms with E-state index >= 15 is 0 Å². The Morgan fingerprint density at radius 1 is 1.00 bits per heavy atom. The van der Waals surface area contributed by atoms with Gasteiger partial charge in [-0.3, -0.25) is 9.59 Å². The molecule has 0 bridgehead atoms. The lowest BCUT2D eigenvalue weighted by Crippen LogP contribution is -2.62. The number of likely N-dealkylation sites (tertiary alicyclic amines) is 1. The second-order valence-corrected chi connectivity index (χ2v) is 7.11. The average molecular weight is 323 g/mol. The van der Waals surface area contributed by atoms with Gasteiger partial charge in [0.1, 0.15) is 0 Å². The number of hydrogen-bond acceptors (Lipinski definition) is 3. The van der Waals surface area contributed by atoms with Gasteiger partial charge < -0.3 is 15.5 Å². The van der Waals surface area contributed by atoms with Crippen LogP contribution in [0, 0.1) is 17.3 Å². The molecule has 1 saturated carbocycles. The summed E-state index contributed by atoms with van der Waals surface area (Å²) in [6, 6.07) is 0. The van der Waals surface area contributed by atoms with E-state index in [1.807, 2.05) is 13.8 Å². The molecule has 1 spiro atoms. The lowest BCUT2D eigenvalue weighted by molar-refractivity contribution is -0.151. The van der Waals surface area contributed by atoms with Gasteiger partial charge in [-0.25, -0.2) is 0 Å². The van der Waals surface area contributed by atoms with Crippen molar-refractivity contribution < 1.29 is 9.59 Å². The fourth-order valence-corrected chi connectivity index (χ4v) is 4.26. The van der Waals surface area contributed by atoms with E-state index in [0.29, 0.717) is 11.3 Å². The van der Waals surface area contributed by atoms with Gasteiger partial charge >= 0.3 is 0 Å². The summed E-state index contributed by atoms with van der Waals surface area (Å²) in [6.45, 7) is 8.12. The standard InChI is InChI=1S/C16H27N3O2.C2H6/c1-17-14(20)12-2-4-13(5-3-12)15(21)19-10-16(11-19)6-8-18-9-7-16;1-2/h12-13,18H,2-11H2,1H3,(H,17,20);1-2H3. The Kier molecular flexibility index (Phi) is 6.45. The molecule has 2 amide bonds. The first-order chi connectivity index (χ1) is 11.1. The highest BCUT2D eigenvalue weighted by atomic mass is 16.2. The Bertz CT molecular complexity index is 402. The largest absolute Gasteiger partial charge is 0.359 e. The maximum absolute atomic E-state index is 12.6. The predicted molar refractivity (Wildman–Crippen MR) is 92.0 cm³/mol. The maximum atomic E-state index is 12.6. The Balaban J connectivity index is 0.000000924. The van der Waals surface area contributed by atoms with Crippen LogP contribution < -0.4 is 10.6 Å². The summed E-state index contributed by atoms with van der Waals surface area (Å²) in [5, 5.41) is 6.12. The molecule has 0 unspecified atom stereocenters. The van der Waals surface area contributed by atoms with E-state index in [0.717, 1.165) is 51.9 Å². The monoisotopic (exact) mass is 323 g/mol. The third-order valence-electron chi connectivity index (χ3n) is 5.72. The van der Waals surface area contributed by atoms with Crippen molar-refractivity contribution in [2.75, 3.05) is 33.2 Å². The molecular formula is C18H33N3O2. The fraction of sp³-hybridized carbons (Fsp3) is 0.889. The SMILES string of the molecule is CC.CNC(=O)C1CCC(C(=O)N2CC3(CCNCC3)C2)CC1. The summed E-state index contributed by atoms with van der Waals surface area (Å²) in [4.78, 5) is 26.3. The van der Waals surface area contributed by atoms with Crippen molar-refractivity contribution in [2.24, 2.45) is 17.3 Å². The summed E-state index contributed by atoms with van der Waals surface area (Å²) in [6.07, 6.45) is 5.89. The molecule has 2 saturated heterocycles. The number of nitrogens with zero attached hydrogens (tertiary/aromatic N) is 1. The molecule has 3 aliphatic rings. The number of hydrogen-bond donors (Lipinski definition) is 2. The van der Waals surface area contributed by atoms with Gasteiger partial charge in [0, 0.05) is 37.4 Å². The van der Waals surface area contributed by atoms with Crippen molar-refractivity contribution in [1.82, 2.24) is 15.5 Å². The van der Waals surface area contributed by atoms with Crippen molar-refractivity contribution in [1.29, 1.82) is 0 Å². The number of nitrogens with one attached hydrogen (secondary N) is 2. The van der Waals surface area contributed by atoms with Gasteiger partial charge in [-0.1, -0.05) is 13.8 Å². The number of piperidine rings is 1.